The fraction of sp³-hybridized carbons (Fsp3) is 0.579. The monoisotopic (exact) mass is 328 g/mol. The van der Waals surface area contributed by atoms with Crippen LogP contribution in [0.1, 0.15) is 57.2 Å². The van der Waals surface area contributed by atoms with Gasteiger partial charge in [0.05, 0.1) is 13.5 Å². The van der Waals surface area contributed by atoms with E-state index < -0.39 is 12.6 Å². The number of alkyl halides is 3. The lowest BCUT2D eigenvalue weighted by Gasteiger charge is -2.24. The zero-order chi connectivity index (χ0) is 17.7. The maximum atomic E-state index is 12.1. The highest BCUT2D eigenvalue weighted by Crippen LogP contribution is 2.34. The number of ether oxygens (including phenoxy) is 1. The smallest absolute Gasteiger partial charge is 0.392 e. The van der Waals surface area contributed by atoms with Crippen molar-refractivity contribution in [2.45, 2.75) is 65.0 Å². The van der Waals surface area contributed by atoms with Crippen LogP contribution in [0.4, 0.5) is 13.2 Å². The minimum atomic E-state index is -4.12. The van der Waals surface area contributed by atoms with E-state index in [1.165, 1.54) is 11.6 Å². The second kappa shape index (κ2) is 7.89. The van der Waals surface area contributed by atoms with E-state index in [1.807, 2.05) is 6.07 Å². The van der Waals surface area contributed by atoms with Gasteiger partial charge in [0.25, 0.3) is 0 Å². The fourth-order valence-electron chi connectivity index (χ4n) is 2.56. The normalized spacial score (nSPS) is 12.9. The van der Waals surface area contributed by atoms with Crippen LogP contribution in [0.15, 0.2) is 24.3 Å². The van der Waals surface area contributed by atoms with Crippen LogP contribution < -0.4 is 4.74 Å². The van der Waals surface area contributed by atoms with Crippen molar-refractivity contribution in [3.63, 3.8) is 0 Å². The molecule has 0 spiro atoms. The molecule has 23 heavy (non-hydrogen) atoms. The van der Waals surface area contributed by atoms with Crippen LogP contribution in [0.25, 0.3) is 0 Å². The van der Waals surface area contributed by atoms with E-state index >= 15 is 0 Å². The predicted octanol–water partition coefficient (Wildman–Crippen LogP) is 6.00. The summed E-state index contributed by atoms with van der Waals surface area (Å²) in [5.41, 5.74) is 3.53. The summed E-state index contributed by atoms with van der Waals surface area (Å²) in [4.78, 5) is 0. The molecule has 0 aliphatic heterocycles. The topological polar surface area (TPSA) is 9.23 Å². The first-order valence-electron chi connectivity index (χ1n) is 8.00. The minimum absolute atomic E-state index is 0.0135. The Hall–Kier alpha value is -1.45. The van der Waals surface area contributed by atoms with E-state index in [1.54, 1.807) is 13.2 Å². The van der Waals surface area contributed by atoms with E-state index in [0.717, 1.165) is 29.7 Å². The van der Waals surface area contributed by atoms with Crippen molar-refractivity contribution >= 4 is 0 Å². The molecule has 0 heterocycles. The SMILES string of the molecule is CCc1cc(C(C)(C)C)c(OC)cc1CC/C=C\CC(F)(F)F. The van der Waals surface area contributed by atoms with Gasteiger partial charge in [-0.15, -0.1) is 0 Å². The molecule has 1 rings (SSSR count). The summed E-state index contributed by atoms with van der Waals surface area (Å²) in [6, 6.07) is 4.21. The molecule has 0 bridgehead atoms. The zero-order valence-electron chi connectivity index (χ0n) is 14.7. The van der Waals surface area contributed by atoms with Crippen LogP contribution in [0.5, 0.6) is 5.75 Å². The maximum Gasteiger partial charge on any atom is 0.392 e. The van der Waals surface area contributed by atoms with E-state index in [-0.39, 0.29) is 5.41 Å². The number of hydrogen-bond donors (Lipinski definition) is 0. The van der Waals surface area contributed by atoms with Gasteiger partial charge in [-0.3, -0.25) is 0 Å². The number of hydrogen-bond acceptors (Lipinski definition) is 1. The maximum absolute atomic E-state index is 12.1. The van der Waals surface area contributed by atoms with Crippen molar-refractivity contribution in [2.75, 3.05) is 7.11 Å². The molecule has 0 N–H and O–H groups in total. The second-order valence-electron chi connectivity index (χ2n) is 6.75. The molecule has 0 radical (unpaired) electrons. The Balaban J connectivity index is 2.91. The molecule has 0 aromatic heterocycles. The Bertz CT molecular complexity index is 537. The molecule has 130 valence electrons. The summed E-state index contributed by atoms with van der Waals surface area (Å²) in [5.74, 6) is 0.851. The van der Waals surface area contributed by atoms with Gasteiger partial charge in [-0.2, -0.15) is 13.2 Å². The van der Waals surface area contributed by atoms with Crippen molar-refractivity contribution in [3.8, 4) is 5.75 Å². The van der Waals surface area contributed by atoms with Crippen LogP contribution in [-0.2, 0) is 18.3 Å². The van der Waals surface area contributed by atoms with Gasteiger partial charge in [-0.25, -0.2) is 0 Å². The van der Waals surface area contributed by atoms with Gasteiger partial charge in [0, 0.05) is 0 Å². The summed E-state index contributed by atoms with van der Waals surface area (Å²) >= 11 is 0. The highest BCUT2D eigenvalue weighted by molar-refractivity contribution is 5.46. The highest BCUT2D eigenvalue weighted by atomic mass is 19.4. The van der Waals surface area contributed by atoms with Crippen LogP contribution in [-0.4, -0.2) is 13.3 Å². The lowest BCUT2D eigenvalue weighted by Crippen LogP contribution is -2.14. The van der Waals surface area contributed by atoms with Crippen LogP contribution in [0.2, 0.25) is 0 Å². The largest absolute Gasteiger partial charge is 0.496 e. The quantitative estimate of drug-likeness (QED) is 0.582. The van der Waals surface area contributed by atoms with E-state index in [0.29, 0.717) is 6.42 Å². The number of benzene rings is 1. The number of rotatable bonds is 6. The molecule has 1 aromatic rings. The van der Waals surface area contributed by atoms with Crippen molar-refractivity contribution in [1.29, 1.82) is 0 Å². The van der Waals surface area contributed by atoms with Crippen LogP contribution in [0, 0.1) is 0 Å². The van der Waals surface area contributed by atoms with Crippen LogP contribution in [0.3, 0.4) is 0 Å². The number of aryl methyl sites for hydroxylation is 2. The highest BCUT2D eigenvalue weighted by Gasteiger charge is 2.24. The molecular weight excluding hydrogens is 301 g/mol. The summed E-state index contributed by atoms with van der Waals surface area (Å²) in [5, 5.41) is 0. The summed E-state index contributed by atoms with van der Waals surface area (Å²) in [7, 11) is 1.66. The van der Waals surface area contributed by atoms with Gasteiger partial charge < -0.3 is 4.74 Å². The van der Waals surface area contributed by atoms with Crippen molar-refractivity contribution in [2.24, 2.45) is 0 Å². The molecule has 0 saturated carbocycles. The molecule has 1 aromatic carbocycles. The summed E-state index contributed by atoms with van der Waals surface area (Å²) in [6.45, 7) is 8.52. The summed E-state index contributed by atoms with van der Waals surface area (Å²) in [6.07, 6.45) is 0.0418. The van der Waals surface area contributed by atoms with Crippen molar-refractivity contribution in [1.82, 2.24) is 0 Å². The Morgan fingerprint density at radius 1 is 1.04 bits per heavy atom. The first kappa shape index (κ1) is 19.6. The Kier molecular flexibility index (Phi) is 6.72. The molecular formula is C19H27F3O. The van der Waals surface area contributed by atoms with Crippen molar-refractivity contribution < 1.29 is 17.9 Å². The Labute approximate surface area is 137 Å². The Morgan fingerprint density at radius 2 is 1.70 bits per heavy atom. The minimum Gasteiger partial charge on any atom is -0.496 e. The lowest BCUT2D eigenvalue weighted by atomic mass is 9.83. The van der Waals surface area contributed by atoms with Gasteiger partial charge in [0.15, 0.2) is 0 Å². The van der Waals surface area contributed by atoms with E-state index in [4.69, 9.17) is 4.74 Å². The van der Waals surface area contributed by atoms with Gasteiger partial charge in [0.2, 0.25) is 0 Å². The first-order chi connectivity index (χ1) is 10.6. The number of halogens is 3. The average Bonchev–Trinajstić information content (AvgIpc) is 2.43. The predicted molar refractivity (Wildman–Crippen MR) is 89.2 cm³/mol. The molecule has 0 saturated heterocycles. The standard InChI is InChI=1S/C19H27F3O/c1-6-14-12-16(18(2,3)4)17(23-5)13-15(14)10-8-7-9-11-19(20,21)22/h7,9,12-13H,6,8,10-11H2,1-5H3/b9-7-. The number of allylic oxidation sites excluding steroid dienone is 2. The molecule has 0 aliphatic rings. The van der Waals surface area contributed by atoms with Gasteiger partial charge in [0.1, 0.15) is 5.75 Å². The number of methoxy groups -OCH3 is 1. The molecule has 4 heteroatoms. The lowest BCUT2D eigenvalue weighted by molar-refractivity contribution is -0.125. The molecule has 1 nitrogen and oxygen atoms in total. The van der Waals surface area contributed by atoms with Gasteiger partial charge in [-0.1, -0.05) is 45.9 Å². The first-order valence-corrected chi connectivity index (χ1v) is 8.00. The third kappa shape index (κ3) is 6.28. The van der Waals surface area contributed by atoms with Gasteiger partial charge >= 0.3 is 6.18 Å². The van der Waals surface area contributed by atoms with Crippen molar-refractivity contribution in [3.05, 3.63) is 41.0 Å². The Morgan fingerprint density at radius 3 is 2.17 bits per heavy atom. The fourth-order valence-corrected chi connectivity index (χ4v) is 2.56. The molecule has 0 atom stereocenters. The molecule has 0 fully saturated rings. The van der Waals surface area contributed by atoms with Gasteiger partial charge in [-0.05, 0) is 47.4 Å². The van der Waals surface area contributed by atoms with E-state index in [9.17, 15) is 13.2 Å². The van der Waals surface area contributed by atoms with E-state index in [2.05, 4.69) is 33.8 Å². The molecule has 0 amide bonds. The second-order valence-corrected chi connectivity index (χ2v) is 6.75. The molecule has 0 unspecified atom stereocenters. The third-order valence-corrected chi connectivity index (χ3v) is 3.81. The zero-order valence-corrected chi connectivity index (χ0v) is 14.7. The third-order valence-electron chi connectivity index (χ3n) is 3.81. The molecule has 0 aliphatic carbocycles. The average molecular weight is 328 g/mol. The summed E-state index contributed by atoms with van der Waals surface area (Å²) < 4.78 is 41.9. The van der Waals surface area contributed by atoms with Crippen LogP contribution >= 0.6 is 0 Å².